The molecule has 2 heterocycles. The number of hydrogen-bond acceptors (Lipinski definition) is 4. The minimum Gasteiger partial charge on any atom is -0.508 e. The number of fused-ring (bicyclic) bond motifs is 1. The number of thiophene rings is 1. The van der Waals surface area contributed by atoms with Crippen LogP contribution in [0.2, 0.25) is 0 Å². The Kier molecular flexibility index (Phi) is 4.51. The molecular weight excluding hydrogens is 387 g/mol. The standard InChI is InChI=1S/C20H12ClFN2O2S/c21-16(9-11-2-1-3-14(25)8-11)18-23-19(26)17-15(10-27-20(17)24-18)12-4-6-13(22)7-5-12/h1-10,25H,(H,23,24,26)/b16-9-. The van der Waals surface area contributed by atoms with Crippen molar-refractivity contribution in [3.63, 3.8) is 0 Å². The molecule has 0 radical (unpaired) electrons. The quantitative estimate of drug-likeness (QED) is 0.496. The third kappa shape index (κ3) is 3.49. The Morgan fingerprint density at radius 2 is 2.00 bits per heavy atom. The molecule has 134 valence electrons. The third-order valence-corrected chi connectivity index (χ3v) is 5.15. The number of phenols is 1. The highest BCUT2D eigenvalue weighted by molar-refractivity contribution is 7.17. The molecule has 2 aromatic heterocycles. The van der Waals surface area contributed by atoms with Gasteiger partial charge in [0.2, 0.25) is 0 Å². The molecule has 0 bridgehead atoms. The summed E-state index contributed by atoms with van der Waals surface area (Å²) in [7, 11) is 0. The Balaban J connectivity index is 1.79. The first kappa shape index (κ1) is 17.5. The van der Waals surface area contributed by atoms with Gasteiger partial charge in [-0.3, -0.25) is 4.79 Å². The minimum absolute atomic E-state index is 0.118. The predicted octanol–water partition coefficient (Wildman–Crippen LogP) is 5.23. The van der Waals surface area contributed by atoms with Gasteiger partial charge in [-0.2, -0.15) is 0 Å². The lowest BCUT2D eigenvalue weighted by Crippen LogP contribution is -2.10. The topological polar surface area (TPSA) is 66.0 Å². The van der Waals surface area contributed by atoms with Gasteiger partial charge in [0.05, 0.1) is 10.4 Å². The number of aromatic hydroxyl groups is 1. The number of benzene rings is 2. The fourth-order valence-corrected chi connectivity index (χ4v) is 3.90. The molecule has 0 amide bonds. The molecule has 0 fully saturated rings. The Bertz CT molecular complexity index is 1230. The largest absolute Gasteiger partial charge is 0.508 e. The highest BCUT2D eigenvalue weighted by Gasteiger charge is 2.14. The lowest BCUT2D eigenvalue weighted by molar-refractivity contribution is 0.475. The van der Waals surface area contributed by atoms with E-state index in [-0.39, 0.29) is 28.0 Å². The van der Waals surface area contributed by atoms with Crippen LogP contribution in [-0.2, 0) is 0 Å². The van der Waals surface area contributed by atoms with Gasteiger partial charge in [-0.05, 0) is 41.5 Å². The summed E-state index contributed by atoms with van der Waals surface area (Å²) in [4.78, 5) is 20.3. The Labute approximate surface area is 162 Å². The number of H-pyrrole nitrogens is 1. The minimum atomic E-state index is -0.337. The highest BCUT2D eigenvalue weighted by Crippen LogP contribution is 2.32. The number of phenolic OH excluding ortho intramolecular Hbond substituents is 1. The van der Waals surface area contributed by atoms with E-state index in [0.29, 0.717) is 21.3 Å². The summed E-state index contributed by atoms with van der Waals surface area (Å²) in [6, 6.07) is 12.5. The molecule has 0 saturated heterocycles. The molecule has 0 unspecified atom stereocenters. The van der Waals surface area contributed by atoms with E-state index < -0.39 is 0 Å². The molecule has 2 N–H and O–H groups in total. The maximum Gasteiger partial charge on any atom is 0.260 e. The van der Waals surface area contributed by atoms with Crippen LogP contribution in [0.3, 0.4) is 0 Å². The summed E-state index contributed by atoms with van der Waals surface area (Å²) >= 11 is 7.63. The van der Waals surface area contributed by atoms with Crippen molar-refractivity contribution in [3.05, 3.63) is 81.5 Å². The van der Waals surface area contributed by atoms with Gasteiger partial charge >= 0.3 is 0 Å². The molecule has 0 saturated carbocycles. The van der Waals surface area contributed by atoms with E-state index in [1.807, 2.05) is 5.38 Å². The smallest absolute Gasteiger partial charge is 0.260 e. The summed E-state index contributed by atoms with van der Waals surface area (Å²) < 4.78 is 13.2. The van der Waals surface area contributed by atoms with E-state index in [1.165, 1.54) is 23.5 Å². The van der Waals surface area contributed by atoms with Gasteiger partial charge in [0.1, 0.15) is 16.4 Å². The Morgan fingerprint density at radius 3 is 2.74 bits per heavy atom. The summed E-state index contributed by atoms with van der Waals surface area (Å²) in [5.74, 6) is 0.0220. The van der Waals surface area contributed by atoms with Gasteiger partial charge in [0.25, 0.3) is 5.56 Å². The van der Waals surface area contributed by atoms with Crippen molar-refractivity contribution in [2.75, 3.05) is 0 Å². The van der Waals surface area contributed by atoms with Crippen LogP contribution in [0.4, 0.5) is 4.39 Å². The molecular formula is C20H12ClFN2O2S. The third-order valence-electron chi connectivity index (χ3n) is 3.99. The van der Waals surface area contributed by atoms with Crippen LogP contribution < -0.4 is 5.56 Å². The molecule has 27 heavy (non-hydrogen) atoms. The molecule has 0 aliphatic carbocycles. The van der Waals surface area contributed by atoms with Crippen molar-refractivity contribution in [2.45, 2.75) is 0 Å². The van der Waals surface area contributed by atoms with Gasteiger partial charge in [-0.15, -0.1) is 11.3 Å². The van der Waals surface area contributed by atoms with Crippen molar-refractivity contribution < 1.29 is 9.50 Å². The van der Waals surface area contributed by atoms with Crippen molar-refractivity contribution >= 4 is 44.3 Å². The zero-order valence-corrected chi connectivity index (χ0v) is 15.3. The molecule has 0 atom stereocenters. The van der Waals surface area contributed by atoms with Gasteiger partial charge in [-0.1, -0.05) is 35.9 Å². The molecule has 0 aliphatic rings. The number of nitrogens with one attached hydrogen (secondary N) is 1. The van der Waals surface area contributed by atoms with Crippen LogP contribution in [0.1, 0.15) is 11.4 Å². The van der Waals surface area contributed by atoms with Gasteiger partial charge in [-0.25, -0.2) is 9.37 Å². The van der Waals surface area contributed by atoms with Crippen LogP contribution in [0, 0.1) is 5.82 Å². The van der Waals surface area contributed by atoms with E-state index in [4.69, 9.17) is 11.6 Å². The fraction of sp³-hybridized carbons (Fsp3) is 0. The molecule has 0 spiro atoms. The molecule has 4 nitrogen and oxygen atoms in total. The summed E-state index contributed by atoms with van der Waals surface area (Å²) in [6.45, 7) is 0. The Hall–Kier alpha value is -2.96. The number of halogens is 2. The first-order valence-electron chi connectivity index (χ1n) is 7.95. The lowest BCUT2D eigenvalue weighted by atomic mass is 10.1. The maximum atomic E-state index is 13.2. The molecule has 4 rings (SSSR count). The van der Waals surface area contributed by atoms with Gasteiger partial charge in [0, 0.05) is 10.9 Å². The zero-order chi connectivity index (χ0) is 19.0. The molecule has 0 aliphatic heterocycles. The summed E-state index contributed by atoms with van der Waals surface area (Å²) in [6.07, 6.45) is 1.61. The van der Waals surface area contributed by atoms with Crippen molar-refractivity contribution in [1.29, 1.82) is 0 Å². The maximum absolute atomic E-state index is 13.2. The summed E-state index contributed by atoms with van der Waals surface area (Å²) in [5, 5.41) is 12.0. The van der Waals surface area contributed by atoms with Crippen LogP contribution in [0.5, 0.6) is 5.75 Å². The van der Waals surface area contributed by atoms with Crippen LogP contribution >= 0.6 is 22.9 Å². The SMILES string of the molecule is O=c1[nH]c(/C(Cl)=C/c2cccc(O)c2)nc2scc(-c3ccc(F)cc3)c12. The number of aromatic amines is 1. The second-order valence-electron chi connectivity index (χ2n) is 5.84. The predicted molar refractivity (Wildman–Crippen MR) is 107 cm³/mol. The molecule has 7 heteroatoms. The average molecular weight is 399 g/mol. The number of nitrogens with zero attached hydrogens (tertiary/aromatic N) is 1. The van der Waals surface area contributed by atoms with Crippen molar-refractivity contribution in [2.24, 2.45) is 0 Å². The number of rotatable bonds is 3. The monoisotopic (exact) mass is 398 g/mol. The second-order valence-corrected chi connectivity index (χ2v) is 7.10. The first-order chi connectivity index (χ1) is 13.0. The number of aromatic nitrogens is 2. The second kappa shape index (κ2) is 6.98. The Morgan fingerprint density at radius 1 is 1.22 bits per heavy atom. The van der Waals surface area contributed by atoms with E-state index >= 15 is 0 Å². The lowest BCUT2D eigenvalue weighted by Gasteiger charge is -2.02. The first-order valence-corrected chi connectivity index (χ1v) is 9.21. The van der Waals surface area contributed by atoms with Gasteiger partial charge in [0.15, 0.2) is 5.82 Å². The normalized spacial score (nSPS) is 11.9. The van der Waals surface area contributed by atoms with E-state index in [9.17, 15) is 14.3 Å². The van der Waals surface area contributed by atoms with Crippen LogP contribution in [-0.4, -0.2) is 15.1 Å². The fourth-order valence-electron chi connectivity index (χ4n) is 2.73. The van der Waals surface area contributed by atoms with Crippen molar-refractivity contribution in [3.8, 4) is 16.9 Å². The van der Waals surface area contributed by atoms with Crippen molar-refractivity contribution in [1.82, 2.24) is 9.97 Å². The van der Waals surface area contributed by atoms with Crippen LogP contribution in [0.15, 0.2) is 58.7 Å². The average Bonchev–Trinajstić information content (AvgIpc) is 3.07. The number of hydrogen-bond donors (Lipinski definition) is 2. The van der Waals surface area contributed by atoms with E-state index in [1.54, 1.807) is 42.5 Å². The zero-order valence-electron chi connectivity index (χ0n) is 13.7. The molecule has 2 aromatic carbocycles. The van der Waals surface area contributed by atoms with Gasteiger partial charge < -0.3 is 10.1 Å². The van der Waals surface area contributed by atoms with E-state index in [0.717, 1.165) is 5.56 Å². The van der Waals surface area contributed by atoms with E-state index in [2.05, 4.69) is 9.97 Å². The summed E-state index contributed by atoms with van der Waals surface area (Å²) in [5.41, 5.74) is 1.80. The highest BCUT2D eigenvalue weighted by atomic mass is 35.5. The molecule has 4 aromatic rings. The van der Waals surface area contributed by atoms with Crippen LogP contribution in [0.25, 0.3) is 32.5 Å².